The second-order valence-electron chi connectivity index (χ2n) is 6.77. The molecule has 0 heterocycles. The van der Waals surface area contributed by atoms with E-state index in [1.165, 1.54) is 57.1 Å². The van der Waals surface area contributed by atoms with Crippen LogP contribution in [-0.2, 0) is 21.7 Å². The average molecular weight is 437 g/mol. The van der Waals surface area contributed by atoms with Gasteiger partial charge in [-0.3, -0.25) is 0 Å². The van der Waals surface area contributed by atoms with E-state index in [0.29, 0.717) is 0 Å². The fourth-order valence-electron chi connectivity index (χ4n) is 4.10. The Hall–Kier alpha value is -1.40. The van der Waals surface area contributed by atoms with E-state index in [2.05, 4.69) is 13.3 Å². The number of hydrogen-bond acceptors (Lipinski definition) is 3. The van der Waals surface area contributed by atoms with Crippen LogP contribution in [0.3, 0.4) is 0 Å². The molecule has 0 aliphatic heterocycles. The van der Waals surface area contributed by atoms with Crippen LogP contribution in [-0.4, -0.2) is 25.3 Å². The molecule has 3 aliphatic rings. The van der Waals surface area contributed by atoms with E-state index in [9.17, 15) is 9.18 Å². The van der Waals surface area contributed by atoms with Gasteiger partial charge in [-0.2, -0.15) is 19.8 Å². The van der Waals surface area contributed by atoms with Crippen molar-refractivity contribution in [3.05, 3.63) is 64.4 Å². The smallest absolute Gasteiger partial charge is 0.857 e. The van der Waals surface area contributed by atoms with Gasteiger partial charge in [0.05, 0.1) is 5.56 Å². The minimum absolute atomic E-state index is 0. The summed E-state index contributed by atoms with van der Waals surface area (Å²) in [5.74, 6) is -0.689. The molecule has 29 heavy (non-hydrogen) atoms. The maximum atomic E-state index is 12.2. The molecule has 1 aromatic rings. The molecule has 1 unspecified atom stereocenters. The molecule has 0 bridgehead atoms. The minimum Gasteiger partial charge on any atom is -0.857 e. The molecule has 4 rings (SSSR count). The van der Waals surface area contributed by atoms with Gasteiger partial charge in [-0.15, -0.1) is 12.0 Å². The molecule has 4 nitrogen and oxygen atoms in total. The van der Waals surface area contributed by atoms with Crippen LogP contribution in [0.5, 0.6) is 0 Å². The van der Waals surface area contributed by atoms with Crippen molar-refractivity contribution in [3.8, 4) is 0 Å². The Morgan fingerprint density at radius 1 is 1.00 bits per heavy atom. The molecule has 1 N–H and O–H groups in total. The largest absolute Gasteiger partial charge is 3.00 e. The number of carbonyl (C=O) groups is 1. The van der Waals surface area contributed by atoms with Gasteiger partial charge in [0.25, 0.3) is 0 Å². The van der Waals surface area contributed by atoms with Gasteiger partial charge in [0.1, 0.15) is 5.82 Å². The summed E-state index contributed by atoms with van der Waals surface area (Å²) in [5, 5.41) is 24.9. The van der Waals surface area contributed by atoms with Crippen LogP contribution in [0.15, 0.2) is 46.6 Å². The molecule has 157 valence electrons. The number of rotatable bonds is 1. The van der Waals surface area contributed by atoms with Gasteiger partial charge in [0.15, 0.2) is 0 Å². The number of carboxylic acids is 1. The third kappa shape index (κ3) is 7.42. The van der Waals surface area contributed by atoms with Crippen LogP contribution in [0.1, 0.15) is 62.2 Å². The standard InChI is InChI=1S/C14H19.C7H5FO2.2CH3O.Ti/c1-10-11-6-2-4-8-13(11)14-9-5-3-7-12(10)14;8-6-3-1-5(2-4-6)7(9)10;2*1-2;/h6,10H,2-5,7-9H2,1H3;1-4H,(H,9,10);2*1H3;/q-1;;2*-1;+3. The monoisotopic (exact) mass is 437 g/mol. The van der Waals surface area contributed by atoms with Crippen LogP contribution < -0.4 is 10.2 Å². The summed E-state index contributed by atoms with van der Waals surface area (Å²) in [6, 6.07) is 4.67. The van der Waals surface area contributed by atoms with Gasteiger partial charge in [0, 0.05) is 0 Å². The number of halogens is 1. The summed E-state index contributed by atoms with van der Waals surface area (Å²) in [6.45, 7) is 2.42. The van der Waals surface area contributed by atoms with Crippen LogP contribution >= 0.6 is 0 Å². The van der Waals surface area contributed by atoms with E-state index in [1.54, 1.807) is 22.3 Å². The van der Waals surface area contributed by atoms with Crippen molar-refractivity contribution in [3.63, 3.8) is 0 Å². The molecule has 1 radical (unpaired) electrons. The molecule has 1 atom stereocenters. The van der Waals surface area contributed by atoms with E-state index in [0.717, 1.165) is 32.3 Å². The number of allylic oxidation sites excluding steroid dienone is 4. The van der Waals surface area contributed by atoms with Crippen molar-refractivity contribution < 1.29 is 46.2 Å². The predicted octanol–water partition coefficient (Wildman–Crippen LogP) is 3.67. The van der Waals surface area contributed by atoms with Crippen molar-refractivity contribution in [2.24, 2.45) is 5.92 Å². The molecule has 0 fully saturated rings. The number of carboxylic acid groups (broad SMARTS) is 1. The number of hydrogen-bond donors (Lipinski definition) is 1. The number of benzene rings is 1. The summed E-state index contributed by atoms with van der Waals surface area (Å²) in [5.41, 5.74) is 7.16. The molecule has 6 heteroatoms. The first-order chi connectivity index (χ1) is 13.6. The quantitative estimate of drug-likeness (QED) is 0.537. The number of fused-ring (bicyclic) bond motifs is 1. The van der Waals surface area contributed by atoms with Gasteiger partial charge in [-0.1, -0.05) is 31.8 Å². The maximum absolute atomic E-state index is 12.2. The minimum atomic E-state index is -1.04. The zero-order valence-electron chi connectivity index (χ0n) is 17.5. The second-order valence-corrected chi connectivity index (χ2v) is 6.77. The Balaban J connectivity index is 0.000000467. The topological polar surface area (TPSA) is 83.4 Å². The molecular formula is C23H30FO4Ti. The summed E-state index contributed by atoms with van der Waals surface area (Å²) in [7, 11) is 1.50. The molecule has 0 amide bonds. The molecule has 0 saturated heterocycles. The van der Waals surface area contributed by atoms with Crippen molar-refractivity contribution in [2.45, 2.75) is 51.9 Å². The summed E-state index contributed by atoms with van der Waals surface area (Å²) >= 11 is 0. The summed E-state index contributed by atoms with van der Waals surface area (Å²) < 4.78 is 12.2. The first kappa shape index (κ1) is 27.6. The van der Waals surface area contributed by atoms with Crippen LogP contribution in [0.25, 0.3) is 0 Å². The third-order valence-corrected chi connectivity index (χ3v) is 5.30. The van der Waals surface area contributed by atoms with E-state index in [1.807, 2.05) is 0 Å². The predicted molar refractivity (Wildman–Crippen MR) is 105 cm³/mol. The molecule has 0 saturated carbocycles. The average Bonchev–Trinajstić information content (AvgIpc) is 3.05. The first-order valence-corrected chi connectivity index (χ1v) is 9.67. The molecular weight excluding hydrogens is 407 g/mol. The van der Waals surface area contributed by atoms with Gasteiger partial charge in [0.2, 0.25) is 0 Å². The van der Waals surface area contributed by atoms with Gasteiger partial charge in [-0.25, -0.2) is 21.2 Å². The third-order valence-electron chi connectivity index (χ3n) is 5.30. The Kier molecular flexibility index (Phi) is 13.9. The zero-order chi connectivity index (χ0) is 21.1. The molecule has 0 aromatic heterocycles. The SMILES string of the molecule is CC1C2=C(CCC[CH-]2)C2=C1CCCC2.C[O-].C[O-].O=C(O)c1ccc(F)cc1.[Ti+3]. The van der Waals surface area contributed by atoms with Gasteiger partial charge >= 0.3 is 27.7 Å². The van der Waals surface area contributed by atoms with E-state index in [4.69, 9.17) is 15.3 Å². The van der Waals surface area contributed by atoms with Crippen molar-refractivity contribution in [2.75, 3.05) is 14.2 Å². The Labute approximate surface area is 188 Å². The van der Waals surface area contributed by atoms with Crippen LogP contribution in [0.2, 0.25) is 0 Å². The molecule has 3 aliphatic carbocycles. The fraction of sp³-hybridized carbons (Fsp3) is 0.478. The number of aromatic carboxylic acids is 1. The molecule has 1 aromatic carbocycles. The van der Waals surface area contributed by atoms with E-state index < -0.39 is 11.8 Å². The van der Waals surface area contributed by atoms with Crippen LogP contribution in [0, 0.1) is 18.2 Å². The Bertz CT molecular complexity index is 663. The van der Waals surface area contributed by atoms with Gasteiger partial charge < -0.3 is 15.3 Å². The van der Waals surface area contributed by atoms with Crippen molar-refractivity contribution in [1.29, 1.82) is 0 Å². The van der Waals surface area contributed by atoms with Crippen molar-refractivity contribution >= 4 is 5.97 Å². The normalized spacial score (nSPS) is 18.8. The van der Waals surface area contributed by atoms with Crippen molar-refractivity contribution in [1.82, 2.24) is 0 Å². The molecule has 0 spiro atoms. The Morgan fingerprint density at radius 3 is 2.14 bits per heavy atom. The fourth-order valence-corrected chi connectivity index (χ4v) is 4.10. The second kappa shape index (κ2) is 14.6. The van der Waals surface area contributed by atoms with E-state index >= 15 is 0 Å². The Morgan fingerprint density at radius 2 is 1.55 bits per heavy atom. The summed E-state index contributed by atoms with van der Waals surface area (Å²) in [6.07, 6.45) is 12.2. The first-order valence-electron chi connectivity index (χ1n) is 9.67. The van der Waals surface area contributed by atoms with E-state index in [-0.39, 0.29) is 27.3 Å². The maximum Gasteiger partial charge on any atom is 3.00 e. The summed E-state index contributed by atoms with van der Waals surface area (Å²) in [4.78, 5) is 10.2. The van der Waals surface area contributed by atoms with Gasteiger partial charge in [-0.05, 0) is 49.4 Å². The van der Waals surface area contributed by atoms with Crippen LogP contribution in [0.4, 0.5) is 4.39 Å². The zero-order valence-corrected chi connectivity index (χ0v) is 19.0.